The molecule has 0 aliphatic heterocycles. The second-order valence-electron chi connectivity index (χ2n) is 3.37. The van der Waals surface area contributed by atoms with Crippen LogP contribution in [-0.4, -0.2) is 10.1 Å². The van der Waals surface area contributed by atoms with Crippen LogP contribution in [0, 0.1) is 0 Å². The van der Waals surface area contributed by atoms with E-state index < -0.39 is 0 Å². The Bertz CT molecular complexity index is 406. The Morgan fingerprint density at radius 1 is 1.12 bits per heavy atom. The molecular weight excluding hydrogens is 204 g/mol. The predicted molar refractivity (Wildman–Crippen MR) is 61.1 cm³/mol. The maximum absolute atomic E-state index is 9.09. The van der Waals surface area contributed by atoms with Crippen molar-refractivity contribution in [2.45, 2.75) is 6.61 Å². The van der Waals surface area contributed by atoms with Crippen molar-refractivity contribution in [3.05, 3.63) is 48.2 Å². The van der Waals surface area contributed by atoms with E-state index in [4.69, 9.17) is 15.6 Å². The summed E-state index contributed by atoms with van der Waals surface area (Å²) in [6.07, 6.45) is 1.68. The summed E-state index contributed by atoms with van der Waals surface area (Å²) < 4.78 is 5.49. The number of aromatic hydroxyl groups is 1. The molecule has 0 saturated carbocycles. The van der Waals surface area contributed by atoms with Gasteiger partial charge >= 0.3 is 0 Å². The number of hydrogen-bond donors (Lipinski definition) is 2. The normalized spacial score (nSPS) is 10.0. The third kappa shape index (κ3) is 2.63. The SMILES string of the molecule is Nc1ccc(COc2ccc(O)cc2)cn1. The van der Waals surface area contributed by atoms with Gasteiger partial charge in [0.15, 0.2) is 0 Å². The van der Waals surface area contributed by atoms with Crippen LogP contribution in [0.15, 0.2) is 42.6 Å². The molecule has 0 aliphatic carbocycles. The summed E-state index contributed by atoms with van der Waals surface area (Å²) >= 11 is 0. The molecule has 0 unspecified atom stereocenters. The molecule has 82 valence electrons. The van der Waals surface area contributed by atoms with Gasteiger partial charge in [-0.25, -0.2) is 4.98 Å². The zero-order chi connectivity index (χ0) is 11.4. The molecule has 0 bridgehead atoms. The van der Waals surface area contributed by atoms with Crippen LogP contribution in [0.3, 0.4) is 0 Å². The number of hydrogen-bond acceptors (Lipinski definition) is 4. The average molecular weight is 216 g/mol. The molecular formula is C12H12N2O2. The van der Waals surface area contributed by atoms with Crippen molar-refractivity contribution in [2.24, 2.45) is 0 Å². The Balaban J connectivity index is 1.97. The van der Waals surface area contributed by atoms with Gasteiger partial charge in [0.2, 0.25) is 0 Å². The molecule has 0 atom stereocenters. The smallest absolute Gasteiger partial charge is 0.123 e. The van der Waals surface area contributed by atoms with E-state index in [1.807, 2.05) is 6.07 Å². The van der Waals surface area contributed by atoms with Gasteiger partial charge in [-0.2, -0.15) is 0 Å². The maximum Gasteiger partial charge on any atom is 0.123 e. The van der Waals surface area contributed by atoms with E-state index in [0.29, 0.717) is 18.2 Å². The number of phenols is 1. The van der Waals surface area contributed by atoms with E-state index in [1.54, 1.807) is 36.5 Å². The highest BCUT2D eigenvalue weighted by Gasteiger charge is 1.96. The van der Waals surface area contributed by atoms with Crippen LogP contribution >= 0.6 is 0 Å². The van der Waals surface area contributed by atoms with Crippen LogP contribution < -0.4 is 10.5 Å². The van der Waals surface area contributed by atoms with Gasteiger partial charge in [0.05, 0.1) is 0 Å². The van der Waals surface area contributed by atoms with E-state index in [0.717, 1.165) is 5.56 Å². The topological polar surface area (TPSA) is 68.4 Å². The molecule has 16 heavy (non-hydrogen) atoms. The van der Waals surface area contributed by atoms with Gasteiger partial charge in [-0.1, -0.05) is 6.07 Å². The highest BCUT2D eigenvalue weighted by molar-refractivity contribution is 5.31. The van der Waals surface area contributed by atoms with Crippen molar-refractivity contribution in [1.82, 2.24) is 4.98 Å². The number of benzene rings is 1. The average Bonchev–Trinajstić information content (AvgIpc) is 2.30. The number of rotatable bonds is 3. The van der Waals surface area contributed by atoms with Gasteiger partial charge < -0.3 is 15.6 Å². The third-order valence-electron chi connectivity index (χ3n) is 2.09. The van der Waals surface area contributed by atoms with E-state index in [9.17, 15) is 0 Å². The van der Waals surface area contributed by atoms with Gasteiger partial charge in [0.1, 0.15) is 23.9 Å². The molecule has 1 heterocycles. The Morgan fingerprint density at radius 3 is 2.50 bits per heavy atom. The third-order valence-corrected chi connectivity index (χ3v) is 2.09. The summed E-state index contributed by atoms with van der Waals surface area (Å²) in [5.74, 6) is 1.42. The first-order valence-corrected chi connectivity index (χ1v) is 4.86. The highest BCUT2D eigenvalue weighted by atomic mass is 16.5. The molecule has 4 heteroatoms. The lowest BCUT2D eigenvalue weighted by Gasteiger charge is -2.05. The molecule has 2 aromatic rings. The van der Waals surface area contributed by atoms with Crippen LogP contribution in [0.1, 0.15) is 5.56 Å². The zero-order valence-electron chi connectivity index (χ0n) is 8.63. The fraction of sp³-hybridized carbons (Fsp3) is 0.0833. The monoisotopic (exact) mass is 216 g/mol. The first-order valence-electron chi connectivity index (χ1n) is 4.86. The molecule has 0 radical (unpaired) electrons. The van der Waals surface area contributed by atoms with Gasteiger partial charge in [0.25, 0.3) is 0 Å². The molecule has 0 amide bonds. The molecule has 1 aromatic carbocycles. The van der Waals surface area contributed by atoms with Crippen molar-refractivity contribution in [1.29, 1.82) is 0 Å². The van der Waals surface area contributed by atoms with E-state index in [1.165, 1.54) is 0 Å². The number of nitrogens with zero attached hydrogens (tertiary/aromatic N) is 1. The van der Waals surface area contributed by atoms with Gasteiger partial charge in [-0.15, -0.1) is 0 Å². The van der Waals surface area contributed by atoms with Gasteiger partial charge in [-0.3, -0.25) is 0 Å². The lowest BCUT2D eigenvalue weighted by atomic mass is 10.3. The maximum atomic E-state index is 9.09. The van der Waals surface area contributed by atoms with Crippen molar-refractivity contribution >= 4 is 5.82 Å². The summed E-state index contributed by atoms with van der Waals surface area (Å²) in [6, 6.07) is 10.2. The fourth-order valence-corrected chi connectivity index (χ4v) is 1.23. The number of anilines is 1. The Morgan fingerprint density at radius 2 is 1.88 bits per heavy atom. The van der Waals surface area contributed by atoms with Gasteiger partial charge in [0, 0.05) is 11.8 Å². The minimum absolute atomic E-state index is 0.224. The second-order valence-corrected chi connectivity index (χ2v) is 3.37. The number of nitrogens with two attached hydrogens (primary N) is 1. The molecule has 4 nitrogen and oxygen atoms in total. The highest BCUT2D eigenvalue weighted by Crippen LogP contribution is 2.17. The minimum Gasteiger partial charge on any atom is -0.508 e. The van der Waals surface area contributed by atoms with E-state index >= 15 is 0 Å². The summed E-state index contributed by atoms with van der Waals surface area (Å²) in [5, 5.41) is 9.09. The molecule has 3 N–H and O–H groups in total. The van der Waals surface area contributed by atoms with Crippen molar-refractivity contribution < 1.29 is 9.84 Å². The number of aromatic nitrogens is 1. The predicted octanol–water partition coefficient (Wildman–Crippen LogP) is 1.95. The van der Waals surface area contributed by atoms with E-state index in [2.05, 4.69) is 4.98 Å². The summed E-state index contributed by atoms with van der Waals surface area (Å²) in [5.41, 5.74) is 6.42. The van der Waals surface area contributed by atoms with Crippen LogP contribution in [0.2, 0.25) is 0 Å². The fourth-order valence-electron chi connectivity index (χ4n) is 1.23. The Kier molecular flexibility index (Phi) is 2.91. The number of ether oxygens (including phenoxy) is 1. The molecule has 0 fully saturated rings. The largest absolute Gasteiger partial charge is 0.508 e. The first kappa shape index (κ1) is 10.3. The second kappa shape index (κ2) is 4.53. The lowest BCUT2D eigenvalue weighted by Crippen LogP contribution is -1.97. The summed E-state index contributed by atoms with van der Waals surface area (Å²) in [6.45, 7) is 0.429. The molecule has 2 rings (SSSR count). The van der Waals surface area contributed by atoms with Gasteiger partial charge in [-0.05, 0) is 30.3 Å². The number of phenolic OH excluding ortho intramolecular Hbond substituents is 1. The van der Waals surface area contributed by atoms with Crippen LogP contribution in [0.25, 0.3) is 0 Å². The summed E-state index contributed by atoms with van der Waals surface area (Å²) in [7, 11) is 0. The number of pyridine rings is 1. The van der Waals surface area contributed by atoms with E-state index in [-0.39, 0.29) is 5.75 Å². The molecule has 0 spiro atoms. The van der Waals surface area contributed by atoms with Crippen molar-refractivity contribution in [3.8, 4) is 11.5 Å². The molecule has 0 saturated heterocycles. The molecule has 1 aromatic heterocycles. The van der Waals surface area contributed by atoms with Crippen LogP contribution in [0.5, 0.6) is 11.5 Å². The van der Waals surface area contributed by atoms with Crippen LogP contribution in [0.4, 0.5) is 5.82 Å². The lowest BCUT2D eigenvalue weighted by molar-refractivity contribution is 0.305. The molecule has 0 aliphatic rings. The summed E-state index contributed by atoms with van der Waals surface area (Å²) in [4.78, 5) is 3.96. The van der Waals surface area contributed by atoms with Crippen LogP contribution in [-0.2, 0) is 6.61 Å². The quantitative estimate of drug-likeness (QED) is 0.822. The van der Waals surface area contributed by atoms with Crippen molar-refractivity contribution in [2.75, 3.05) is 5.73 Å². The standard InChI is InChI=1S/C12H12N2O2/c13-12-6-1-9(7-14-12)8-16-11-4-2-10(15)3-5-11/h1-7,15H,8H2,(H2,13,14). The first-order chi connectivity index (χ1) is 7.74. The minimum atomic E-state index is 0.224. The number of nitrogen functional groups attached to an aromatic ring is 1. The Hall–Kier alpha value is -2.23. The zero-order valence-corrected chi connectivity index (χ0v) is 8.63. The van der Waals surface area contributed by atoms with Crippen molar-refractivity contribution in [3.63, 3.8) is 0 Å². The Labute approximate surface area is 93.3 Å².